The van der Waals surface area contributed by atoms with Gasteiger partial charge in [-0.3, -0.25) is 20.3 Å². The lowest BCUT2D eigenvalue weighted by molar-refractivity contribution is -0.119. The lowest BCUT2D eigenvalue weighted by Crippen LogP contribution is -2.29. The lowest BCUT2D eigenvalue weighted by Gasteiger charge is -2.15. The quantitative estimate of drug-likeness (QED) is 0.730. The van der Waals surface area contributed by atoms with Crippen LogP contribution in [-0.2, 0) is 9.59 Å². The maximum atomic E-state index is 13.0. The smallest absolute Gasteiger partial charge is 0.274 e. The molecule has 2 aromatic carbocycles. The molecule has 0 unspecified atom stereocenters. The zero-order valence-corrected chi connectivity index (χ0v) is 14.5. The third kappa shape index (κ3) is 4.56. The summed E-state index contributed by atoms with van der Waals surface area (Å²) in [7, 11) is 0. The van der Waals surface area contributed by atoms with Crippen LogP contribution in [0.3, 0.4) is 0 Å². The Morgan fingerprint density at radius 3 is 2.22 bits per heavy atom. The molecule has 0 bridgehead atoms. The highest BCUT2D eigenvalue weighted by Crippen LogP contribution is 2.26. The molecule has 3 rings (SSSR count). The summed E-state index contributed by atoms with van der Waals surface area (Å²) in [6.45, 7) is 0. The minimum Gasteiger partial charge on any atom is -0.323 e. The highest BCUT2D eigenvalue weighted by Gasteiger charge is 2.24. The van der Waals surface area contributed by atoms with Gasteiger partial charge in [0.1, 0.15) is 5.71 Å². The number of nitrogens with one attached hydrogen (secondary N) is 2. The van der Waals surface area contributed by atoms with E-state index in [4.69, 9.17) is 5.21 Å². The Morgan fingerprint density at radius 2 is 1.67 bits per heavy atom. The van der Waals surface area contributed by atoms with Crippen molar-refractivity contribution in [3.8, 4) is 0 Å². The van der Waals surface area contributed by atoms with Crippen molar-refractivity contribution in [2.45, 2.75) is 12.3 Å². The number of nitrogens with zero attached hydrogens (tertiary/aromatic N) is 1. The molecule has 1 aliphatic heterocycles. The van der Waals surface area contributed by atoms with Gasteiger partial charge < -0.3 is 5.32 Å². The molecule has 0 saturated carbocycles. The van der Waals surface area contributed by atoms with Crippen molar-refractivity contribution < 1.29 is 14.8 Å². The van der Waals surface area contributed by atoms with E-state index in [1.807, 2.05) is 66.1 Å². The van der Waals surface area contributed by atoms with Gasteiger partial charge in [-0.15, -0.1) is 0 Å². The van der Waals surface area contributed by atoms with Gasteiger partial charge in [-0.05, 0) is 17.2 Å². The first-order chi connectivity index (χ1) is 13.2. The predicted octanol–water partition coefficient (Wildman–Crippen LogP) is 2.68. The third-order valence-corrected chi connectivity index (χ3v) is 4.10. The summed E-state index contributed by atoms with van der Waals surface area (Å²) >= 11 is 0. The Morgan fingerprint density at radius 1 is 1.07 bits per heavy atom. The molecule has 0 fully saturated rings. The van der Waals surface area contributed by atoms with E-state index in [1.165, 1.54) is 12.3 Å². The SMILES string of the molecule is O=C1NC(=CNO)CC=CC1=NC(=O)C(c1ccccc1)c1ccccc1. The number of carbonyl (C=O) groups excluding carboxylic acids is 2. The van der Waals surface area contributed by atoms with Crippen LogP contribution in [0.4, 0.5) is 0 Å². The monoisotopic (exact) mass is 361 g/mol. The molecule has 0 radical (unpaired) electrons. The van der Waals surface area contributed by atoms with Crippen LogP contribution in [0, 0.1) is 0 Å². The number of hydroxylamine groups is 1. The Bertz CT molecular complexity index is 863. The van der Waals surface area contributed by atoms with Gasteiger partial charge in [0.2, 0.25) is 0 Å². The maximum absolute atomic E-state index is 13.0. The van der Waals surface area contributed by atoms with Gasteiger partial charge in [-0.2, -0.15) is 0 Å². The van der Waals surface area contributed by atoms with E-state index in [1.54, 1.807) is 6.08 Å². The molecule has 2 amide bonds. The Hall–Kier alpha value is -3.51. The van der Waals surface area contributed by atoms with Gasteiger partial charge in [-0.25, -0.2) is 4.99 Å². The van der Waals surface area contributed by atoms with Crippen LogP contribution in [0.2, 0.25) is 0 Å². The summed E-state index contributed by atoms with van der Waals surface area (Å²) in [4.78, 5) is 29.4. The van der Waals surface area contributed by atoms with E-state index in [9.17, 15) is 9.59 Å². The second-order valence-corrected chi connectivity index (χ2v) is 5.95. The number of carbonyl (C=O) groups is 2. The molecule has 2 aromatic rings. The number of hydrogen-bond donors (Lipinski definition) is 3. The maximum Gasteiger partial charge on any atom is 0.274 e. The average Bonchev–Trinajstić information content (AvgIpc) is 2.85. The molecule has 1 heterocycles. The molecule has 0 atom stereocenters. The van der Waals surface area contributed by atoms with E-state index in [0.717, 1.165) is 11.1 Å². The molecule has 0 spiro atoms. The van der Waals surface area contributed by atoms with Crippen molar-refractivity contribution in [2.24, 2.45) is 4.99 Å². The Labute approximate surface area is 156 Å². The normalized spacial score (nSPS) is 17.0. The van der Waals surface area contributed by atoms with Crippen LogP contribution in [-0.4, -0.2) is 22.7 Å². The fourth-order valence-electron chi connectivity index (χ4n) is 2.85. The molecule has 0 aliphatic carbocycles. The lowest BCUT2D eigenvalue weighted by atomic mass is 9.90. The first-order valence-corrected chi connectivity index (χ1v) is 8.48. The van der Waals surface area contributed by atoms with Crippen molar-refractivity contribution in [1.82, 2.24) is 10.8 Å². The fraction of sp³-hybridized carbons (Fsp3) is 0.0952. The second-order valence-electron chi connectivity index (χ2n) is 5.95. The van der Waals surface area contributed by atoms with Crippen molar-refractivity contribution >= 4 is 17.5 Å². The average molecular weight is 361 g/mol. The summed E-state index contributed by atoms with van der Waals surface area (Å²) in [5, 5.41) is 11.4. The van der Waals surface area contributed by atoms with E-state index in [2.05, 4.69) is 10.3 Å². The van der Waals surface area contributed by atoms with Gasteiger partial charge in [-0.1, -0.05) is 66.7 Å². The topological polar surface area (TPSA) is 90.8 Å². The summed E-state index contributed by atoms with van der Waals surface area (Å²) in [6, 6.07) is 18.7. The molecule has 27 heavy (non-hydrogen) atoms. The van der Waals surface area contributed by atoms with Crippen LogP contribution in [0.15, 0.2) is 89.7 Å². The molecule has 6 heteroatoms. The molecular weight excluding hydrogens is 342 g/mol. The first-order valence-electron chi connectivity index (χ1n) is 8.48. The number of hydrogen-bond acceptors (Lipinski definition) is 4. The molecule has 0 aromatic heterocycles. The minimum atomic E-state index is -0.599. The summed E-state index contributed by atoms with van der Waals surface area (Å²) < 4.78 is 0. The highest BCUT2D eigenvalue weighted by molar-refractivity contribution is 6.45. The predicted molar refractivity (Wildman–Crippen MR) is 102 cm³/mol. The number of benzene rings is 2. The zero-order valence-electron chi connectivity index (χ0n) is 14.5. The first kappa shape index (κ1) is 18.3. The van der Waals surface area contributed by atoms with Crippen LogP contribution < -0.4 is 10.8 Å². The van der Waals surface area contributed by atoms with Crippen molar-refractivity contribution in [2.75, 3.05) is 0 Å². The summed E-state index contributed by atoms with van der Waals surface area (Å²) in [6.07, 6.45) is 4.88. The van der Waals surface area contributed by atoms with Gasteiger partial charge in [0.25, 0.3) is 11.8 Å². The summed E-state index contributed by atoms with van der Waals surface area (Å²) in [5.41, 5.74) is 4.00. The number of aliphatic imine (C=N–C) groups is 1. The summed E-state index contributed by atoms with van der Waals surface area (Å²) in [5.74, 6) is -1.52. The van der Waals surface area contributed by atoms with E-state index in [0.29, 0.717) is 12.1 Å². The highest BCUT2D eigenvalue weighted by atomic mass is 16.5. The molecule has 136 valence electrons. The van der Waals surface area contributed by atoms with Crippen molar-refractivity contribution in [1.29, 1.82) is 0 Å². The minimum absolute atomic E-state index is 0.0261. The van der Waals surface area contributed by atoms with Crippen LogP contribution in [0.25, 0.3) is 0 Å². The molecule has 3 N–H and O–H groups in total. The Kier molecular flexibility index (Phi) is 5.91. The molecular formula is C21H19N3O3. The molecule has 0 saturated heterocycles. The van der Waals surface area contributed by atoms with Crippen molar-refractivity contribution in [3.05, 3.63) is 95.8 Å². The molecule has 6 nitrogen and oxygen atoms in total. The molecule has 1 aliphatic rings. The standard InChI is InChI=1S/C21H19N3O3/c25-20-18(13-7-12-17(23-20)14-22-27)24-21(26)19(15-8-3-1-4-9-15)16-10-5-2-6-11-16/h1-11,13-14,19,22,27H,12H2,(H,23,25). The number of allylic oxidation sites excluding steroid dienone is 1. The van der Waals surface area contributed by atoms with Crippen LogP contribution in [0.1, 0.15) is 23.5 Å². The van der Waals surface area contributed by atoms with Gasteiger partial charge in [0, 0.05) is 18.3 Å². The van der Waals surface area contributed by atoms with Gasteiger partial charge >= 0.3 is 0 Å². The van der Waals surface area contributed by atoms with Crippen molar-refractivity contribution in [3.63, 3.8) is 0 Å². The largest absolute Gasteiger partial charge is 0.323 e. The third-order valence-electron chi connectivity index (χ3n) is 4.10. The van der Waals surface area contributed by atoms with E-state index in [-0.39, 0.29) is 5.71 Å². The second kappa shape index (κ2) is 8.73. The van der Waals surface area contributed by atoms with Crippen LogP contribution >= 0.6 is 0 Å². The number of rotatable bonds is 4. The zero-order chi connectivity index (χ0) is 19.1. The van der Waals surface area contributed by atoms with E-state index < -0.39 is 17.7 Å². The van der Waals surface area contributed by atoms with Gasteiger partial charge in [0.15, 0.2) is 0 Å². The number of amides is 2. The van der Waals surface area contributed by atoms with Gasteiger partial charge in [0.05, 0.1) is 5.92 Å². The van der Waals surface area contributed by atoms with Crippen LogP contribution in [0.5, 0.6) is 0 Å². The fourth-order valence-corrected chi connectivity index (χ4v) is 2.85. The Balaban J connectivity index is 1.94. The van der Waals surface area contributed by atoms with E-state index >= 15 is 0 Å².